The van der Waals surface area contributed by atoms with Crippen LogP contribution in [0.4, 0.5) is 0 Å². The number of hydrogen-bond donors (Lipinski definition) is 1. The zero-order valence-electron chi connectivity index (χ0n) is 16.7. The molecule has 8 nitrogen and oxygen atoms in total. The summed E-state index contributed by atoms with van der Waals surface area (Å²) < 4.78 is 12.3. The van der Waals surface area contributed by atoms with Crippen LogP contribution >= 0.6 is 11.8 Å². The van der Waals surface area contributed by atoms with Crippen LogP contribution in [0, 0.1) is 6.92 Å². The number of rotatable bonds is 8. The SMILES string of the molecule is COc1ccc(OC)c([C@H](C)NC(=O)CSc2nnnn2-c2ccc(C)cc2)c1. The van der Waals surface area contributed by atoms with E-state index in [9.17, 15) is 4.79 Å². The molecule has 0 aliphatic rings. The van der Waals surface area contributed by atoms with Gasteiger partial charge in [-0.25, -0.2) is 0 Å². The van der Waals surface area contributed by atoms with Crippen LogP contribution in [-0.4, -0.2) is 46.1 Å². The molecule has 0 fully saturated rings. The van der Waals surface area contributed by atoms with Gasteiger partial charge in [0.15, 0.2) is 0 Å². The number of ether oxygens (including phenoxy) is 2. The zero-order chi connectivity index (χ0) is 20.8. The Kier molecular flexibility index (Phi) is 6.71. The largest absolute Gasteiger partial charge is 0.497 e. The lowest BCUT2D eigenvalue weighted by molar-refractivity contribution is -0.119. The van der Waals surface area contributed by atoms with Gasteiger partial charge in [0.2, 0.25) is 11.1 Å². The number of carbonyl (C=O) groups excluding carboxylic acids is 1. The summed E-state index contributed by atoms with van der Waals surface area (Å²) in [6.45, 7) is 3.91. The number of amides is 1. The lowest BCUT2D eigenvalue weighted by Gasteiger charge is -2.18. The molecule has 0 spiro atoms. The van der Waals surface area contributed by atoms with E-state index in [0.717, 1.165) is 16.8 Å². The van der Waals surface area contributed by atoms with Crippen LogP contribution in [0.15, 0.2) is 47.6 Å². The third-order valence-corrected chi connectivity index (χ3v) is 5.25. The van der Waals surface area contributed by atoms with Crippen molar-refractivity contribution in [2.24, 2.45) is 0 Å². The number of carbonyl (C=O) groups is 1. The van der Waals surface area contributed by atoms with E-state index in [0.29, 0.717) is 16.7 Å². The molecule has 0 radical (unpaired) electrons. The van der Waals surface area contributed by atoms with Gasteiger partial charge in [-0.1, -0.05) is 29.5 Å². The lowest BCUT2D eigenvalue weighted by Crippen LogP contribution is -2.28. The topological polar surface area (TPSA) is 91.2 Å². The highest BCUT2D eigenvalue weighted by Gasteiger charge is 2.17. The molecule has 9 heteroatoms. The van der Waals surface area contributed by atoms with E-state index >= 15 is 0 Å². The van der Waals surface area contributed by atoms with Gasteiger partial charge >= 0.3 is 0 Å². The van der Waals surface area contributed by atoms with Crippen molar-refractivity contribution in [3.63, 3.8) is 0 Å². The summed E-state index contributed by atoms with van der Waals surface area (Å²) in [5, 5.41) is 15.3. The van der Waals surface area contributed by atoms with E-state index in [-0.39, 0.29) is 17.7 Å². The summed E-state index contributed by atoms with van der Waals surface area (Å²) >= 11 is 1.27. The Bertz CT molecular complexity index is 975. The Morgan fingerprint density at radius 1 is 1.17 bits per heavy atom. The molecule has 1 atom stereocenters. The molecule has 0 saturated heterocycles. The van der Waals surface area contributed by atoms with Crippen molar-refractivity contribution in [1.82, 2.24) is 25.5 Å². The summed E-state index contributed by atoms with van der Waals surface area (Å²) in [4.78, 5) is 12.5. The van der Waals surface area contributed by atoms with Gasteiger partial charge < -0.3 is 14.8 Å². The molecule has 0 aliphatic heterocycles. The van der Waals surface area contributed by atoms with E-state index in [1.165, 1.54) is 11.8 Å². The third kappa shape index (κ3) is 5.05. The van der Waals surface area contributed by atoms with Crippen molar-refractivity contribution in [1.29, 1.82) is 0 Å². The first-order valence-corrected chi connectivity index (χ1v) is 10.00. The summed E-state index contributed by atoms with van der Waals surface area (Å²) in [7, 11) is 3.20. The predicted octanol–water partition coefficient (Wildman–Crippen LogP) is 2.96. The fraction of sp³-hybridized carbons (Fsp3) is 0.300. The fourth-order valence-corrected chi connectivity index (χ4v) is 3.49. The first-order chi connectivity index (χ1) is 14.0. The van der Waals surface area contributed by atoms with Crippen LogP contribution < -0.4 is 14.8 Å². The highest BCUT2D eigenvalue weighted by atomic mass is 32.2. The predicted molar refractivity (Wildman–Crippen MR) is 111 cm³/mol. The maximum Gasteiger partial charge on any atom is 0.230 e. The first-order valence-electron chi connectivity index (χ1n) is 9.01. The number of methoxy groups -OCH3 is 2. The van der Waals surface area contributed by atoms with Gasteiger partial charge in [0.05, 0.1) is 31.7 Å². The Hall–Kier alpha value is -3.07. The number of aryl methyl sites for hydroxylation is 1. The highest BCUT2D eigenvalue weighted by Crippen LogP contribution is 2.29. The standard InChI is InChI=1S/C20H23N5O3S/c1-13-5-7-15(8-6-13)25-20(22-23-24-25)29-12-19(26)21-14(2)17-11-16(27-3)9-10-18(17)28-4/h5-11,14H,12H2,1-4H3,(H,21,26)/t14-/m0/s1. The molecule has 2 aromatic carbocycles. The number of thioether (sulfide) groups is 1. The van der Waals surface area contributed by atoms with Crippen molar-refractivity contribution in [2.45, 2.75) is 25.0 Å². The van der Waals surface area contributed by atoms with Crippen molar-refractivity contribution in [3.8, 4) is 17.2 Å². The monoisotopic (exact) mass is 413 g/mol. The number of hydrogen-bond acceptors (Lipinski definition) is 7. The summed E-state index contributed by atoms with van der Waals surface area (Å²) in [6.07, 6.45) is 0. The summed E-state index contributed by atoms with van der Waals surface area (Å²) in [5.41, 5.74) is 2.84. The highest BCUT2D eigenvalue weighted by molar-refractivity contribution is 7.99. The number of benzene rings is 2. The van der Waals surface area contributed by atoms with Crippen molar-refractivity contribution in [2.75, 3.05) is 20.0 Å². The minimum Gasteiger partial charge on any atom is -0.497 e. The molecule has 1 aromatic heterocycles. The van der Waals surface area contributed by atoms with E-state index in [1.807, 2.05) is 56.3 Å². The Balaban J connectivity index is 1.64. The van der Waals surface area contributed by atoms with Gasteiger partial charge in [0, 0.05) is 5.56 Å². The molecule has 0 saturated carbocycles. The van der Waals surface area contributed by atoms with E-state index in [1.54, 1.807) is 18.9 Å². The van der Waals surface area contributed by atoms with Crippen molar-refractivity contribution < 1.29 is 14.3 Å². The molecule has 1 amide bonds. The summed E-state index contributed by atoms with van der Waals surface area (Å²) in [6, 6.07) is 13.1. The normalized spacial score (nSPS) is 11.7. The molecule has 0 unspecified atom stereocenters. The Labute approximate surface area is 173 Å². The Morgan fingerprint density at radius 2 is 1.93 bits per heavy atom. The molecule has 1 heterocycles. The van der Waals surface area contributed by atoms with Gasteiger partial charge in [0.25, 0.3) is 0 Å². The second-order valence-corrected chi connectivity index (χ2v) is 7.34. The average Bonchev–Trinajstić information content (AvgIpc) is 3.20. The lowest BCUT2D eigenvalue weighted by atomic mass is 10.1. The van der Waals surface area contributed by atoms with E-state index in [4.69, 9.17) is 9.47 Å². The number of aromatic nitrogens is 4. The molecule has 3 aromatic rings. The van der Waals surface area contributed by atoms with Crippen LogP contribution in [0.3, 0.4) is 0 Å². The van der Waals surface area contributed by atoms with E-state index < -0.39 is 0 Å². The van der Waals surface area contributed by atoms with Crippen molar-refractivity contribution >= 4 is 17.7 Å². The Morgan fingerprint density at radius 3 is 2.62 bits per heavy atom. The second kappa shape index (κ2) is 9.42. The molecule has 0 bridgehead atoms. The molecule has 1 N–H and O–H groups in total. The minimum absolute atomic E-state index is 0.133. The molecular weight excluding hydrogens is 390 g/mol. The quantitative estimate of drug-likeness (QED) is 0.568. The van der Waals surface area contributed by atoms with Gasteiger partial charge in [-0.05, 0) is 54.6 Å². The number of tetrazole rings is 1. The third-order valence-electron chi connectivity index (χ3n) is 4.33. The summed E-state index contributed by atoms with van der Waals surface area (Å²) in [5.74, 6) is 1.44. The fourth-order valence-electron chi connectivity index (χ4n) is 2.79. The van der Waals surface area contributed by atoms with Crippen LogP contribution in [0.2, 0.25) is 0 Å². The number of nitrogens with zero attached hydrogens (tertiary/aromatic N) is 4. The molecule has 29 heavy (non-hydrogen) atoms. The molecule has 0 aliphatic carbocycles. The molecule has 152 valence electrons. The van der Waals surface area contributed by atoms with Crippen LogP contribution in [-0.2, 0) is 4.79 Å². The zero-order valence-corrected chi connectivity index (χ0v) is 17.6. The van der Waals surface area contributed by atoms with E-state index in [2.05, 4.69) is 20.8 Å². The molecular formula is C20H23N5O3S. The number of nitrogens with one attached hydrogen (secondary N) is 1. The maximum absolute atomic E-state index is 12.5. The molecule has 3 rings (SSSR count). The van der Waals surface area contributed by atoms with Gasteiger partial charge in [-0.2, -0.15) is 4.68 Å². The second-order valence-electron chi connectivity index (χ2n) is 6.39. The average molecular weight is 414 g/mol. The smallest absolute Gasteiger partial charge is 0.230 e. The maximum atomic E-state index is 12.5. The minimum atomic E-state index is -0.249. The van der Waals surface area contributed by atoms with Crippen molar-refractivity contribution in [3.05, 3.63) is 53.6 Å². The van der Waals surface area contributed by atoms with Crippen LogP contribution in [0.25, 0.3) is 5.69 Å². The van der Waals surface area contributed by atoms with Gasteiger partial charge in [-0.3, -0.25) is 4.79 Å². The van der Waals surface area contributed by atoms with Gasteiger partial charge in [0.1, 0.15) is 11.5 Å². The van der Waals surface area contributed by atoms with Crippen LogP contribution in [0.1, 0.15) is 24.1 Å². The van der Waals surface area contributed by atoms with Gasteiger partial charge in [-0.15, -0.1) is 5.10 Å². The van der Waals surface area contributed by atoms with Crippen LogP contribution in [0.5, 0.6) is 11.5 Å². The first kappa shape index (κ1) is 20.7.